The van der Waals surface area contributed by atoms with E-state index in [1.807, 2.05) is 30.3 Å². The van der Waals surface area contributed by atoms with Gasteiger partial charge in [0.2, 0.25) is 0 Å². The number of anilines is 1. The first-order valence-corrected chi connectivity index (χ1v) is 10.1. The number of pyridine rings is 1. The van der Waals surface area contributed by atoms with E-state index in [-0.39, 0.29) is 5.91 Å². The van der Waals surface area contributed by atoms with Crippen LogP contribution in [0.4, 0.5) is 5.69 Å². The van der Waals surface area contributed by atoms with Crippen molar-refractivity contribution in [2.75, 3.05) is 25.5 Å². The third-order valence-electron chi connectivity index (χ3n) is 5.89. The molecule has 1 N–H and O–H groups in total. The van der Waals surface area contributed by atoms with Crippen LogP contribution in [0.3, 0.4) is 0 Å². The summed E-state index contributed by atoms with van der Waals surface area (Å²) >= 11 is 0. The van der Waals surface area contributed by atoms with Gasteiger partial charge in [-0.25, -0.2) is 0 Å². The number of benzene rings is 1. The van der Waals surface area contributed by atoms with Gasteiger partial charge in [0.1, 0.15) is 0 Å². The lowest BCUT2D eigenvalue weighted by Gasteiger charge is -2.28. The van der Waals surface area contributed by atoms with Crippen molar-refractivity contribution in [1.82, 2.24) is 19.7 Å². The Kier molecular flexibility index (Phi) is 4.36. The molecule has 0 spiro atoms. The number of hydrogen-bond acceptors (Lipinski definition) is 4. The molecule has 1 amide bonds. The number of carbonyl (C=O) groups is 1. The molecular weight excluding hydrogens is 350 g/mol. The molecule has 1 aliphatic heterocycles. The van der Waals surface area contributed by atoms with Crippen molar-refractivity contribution in [1.29, 1.82) is 0 Å². The Morgan fingerprint density at radius 1 is 1.11 bits per heavy atom. The second-order valence-corrected chi connectivity index (χ2v) is 8.12. The van der Waals surface area contributed by atoms with Gasteiger partial charge in [0.05, 0.1) is 17.1 Å². The molecule has 3 aromatic rings. The van der Waals surface area contributed by atoms with Gasteiger partial charge in [-0.2, -0.15) is 5.10 Å². The number of rotatable bonds is 4. The second kappa shape index (κ2) is 7.02. The molecule has 0 unspecified atom stereocenters. The monoisotopic (exact) mass is 375 g/mol. The summed E-state index contributed by atoms with van der Waals surface area (Å²) in [5, 5.41) is 8.85. The third-order valence-corrected chi connectivity index (χ3v) is 5.89. The van der Waals surface area contributed by atoms with Gasteiger partial charge >= 0.3 is 0 Å². The van der Waals surface area contributed by atoms with E-state index in [0.29, 0.717) is 17.5 Å². The number of nitrogens with one attached hydrogen (secondary N) is 1. The average molecular weight is 375 g/mol. The predicted octanol–water partition coefficient (Wildman–Crippen LogP) is 3.83. The van der Waals surface area contributed by atoms with E-state index in [9.17, 15) is 4.79 Å². The molecule has 0 radical (unpaired) electrons. The maximum Gasteiger partial charge on any atom is 0.257 e. The lowest BCUT2D eigenvalue weighted by atomic mass is 10.1. The molecule has 2 aliphatic rings. The zero-order valence-electron chi connectivity index (χ0n) is 16.1. The highest BCUT2D eigenvalue weighted by atomic mass is 16.1. The van der Waals surface area contributed by atoms with Gasteiger partial charge < -0.3 is 10.2 Å². The van der Waals surface area contributed by atoms with E-state index in [0.717, 1.165) is 48.2 Å². The van der Waals surface area contributed by atoms with Crippen LogP contribution in [0.25, 0.3) is 10.9 Å². The number of amides is 1. The zero-order valence-corrected chi connectivity index (χ0v) is 16.1. The van der Waals surface area contributed by atoms with E-state index < -0.39 is 0 Å². The second-order valence-electron chi connectivity index (χ2n) is 8.12. The fourth-order valence-electron chi connectivity index (χ4n) is 3.92. The molecule has 1 saturated heterocycles. The smallest absolute Gasteiger partial charge is 0.257 e. The van der Waals surface area contributed by atoms with Crippen molar-refractivity contribution in [2.24, 2.45) is 0 Å². The minimum atomic E-state index is -0.135. The van der Waals surface area contributed by atoms with Crippen LogP contribution in [0.2, 0.25) is 0 Å². The highest BCUT2D eigenvalue weighted by Gasteiger charge is 2.25. The first-order chi connectivity index (χ1) is 13.7. The van der Waals surface area contributed by atoms with Crippen molar-refractivity contribution in [2.45, 2.75) is 37.6 Å². The molecule has 1 aromatic carbocycles. The van der Waals surface area contributed by atoms with Crippen molar-refractivity contribution in [3.63, 3.8) is 0 Å². The average Bonchev–Trinajstić information content (AvgIpc) is 3.48. The highest BCUT2D eigenvalue weighted by Crippen LogP contribution is 2.38. The number of piperidine rings is 1. The van der Waals surface area contributed by atoms with Crippen molar-refractivity contribution in [3.05, 3.63) is 54.0 Å². The molecule has 5 rings (SSSR count). The molecule has 6 heteroatoms. The summed E-state index contributed by atoms with van der Waals surface area (Å²) in [7, 11) is 2.17. The molecule has 28 heavy (non-hydrogen) atoms. The third kappa shape index (κ3) is 3.52. The molecule has 0 bridgehead atoms. The fourth-order valence-corrected chi connectivity index (χ4v) is 3.92. The molecule has 2 aromatic heterocycles. The minimum Gasteiger partial charge on any atom is -0.322 e. The van der Waals surface area contributed by atoms with Gasteiger partial charge in [0, 0.05) is 35.1 Å². The lowest BCUT2D eigenvalue weighted by Crippen LogP contribution is -2.31. The molecular formula is C22H25N5O. The Hall–Kier alpha value is -2.73. The molecule has 2 fully saturated rings. The largest absolute Gasteiger partial charge is 0.322 e. The van der Waals surface area contributed by atoms with Crippen LogP contribution in [0.5, 0.6) is 0 Å². The summed E-state index contributed by atoms with van der Waals surface area (Å²) in [5.74, 6) is 0.461. The lowest BCUT2D eigenvalue weighted by molar-refractivity contribution is 0.102. The van der Waals surface area contributed by atoms with Gasteiger partial charge in [-0.3, -0.25) is 14.5 Å². The minimum absolute atomic E-state index is 0.135. The summed E-state index contributed by atoms with van der Waals surface area (Å²) in [6, 6.07) is 10.2. The maximum atomic E-state index is 12.5. The number of likely N-dealkylation sites (tertiary alicyclic amines) is 1. The quantitative estimate of drug-likeness (QED) is 0.753. The number of hydrogen-bond donors (Lipinski definition) is 1. The van der Waals surface area contributed by atoms with Crippen molar-refractivity contribution >= 4 is 22.5 Å². The SMILES string of the molecule is CN1CCC(n2cc3ccc(NC(=O)c4ccc(C5CC5)nc4)cc3n2)CC1. The number of fused-ring (bicyclic) bond motifs is 1. The zero-order chi connectivity index (χ0) is 19.1. The van der Waals surface area contributed by atoms with Crippen LogP contribution in [-0.4, -0.2) is 45.7 Å². The topological polar surface area (TPSA) is 63.0 Å². The van der Waals surface area contributed by atoms with Crippen LogP contribution in [0.15, 0.2) is 42.7 Å². The fraction of sp³-hybridized carbons (Fsp3) is 0.409. The van der Waals surface area contributed by atoms with Gasteiger partial charge in [-0.15, -0.1) is 0 Å². The Labute approximate surface area is 164 Å². The van der Waals surface area contributed by atoms with E-state index in [1.165, 1.54) is 12.8 Å². The van der Waals surface area contributed by atoms with Crippen LogP contribution in [0.1, 0.15) is 53.7 Å². The van der Waals surface area contributed by atoms with E-state index in [1.54, 1.807) is 6.20 Å². The summed E-state index contributed by atoms with van der Waals surface area (Å²) in [4.78, 5) is 19.3. The molecule has 144 valence electrons. The number of carbonyl (C=O) groups excluding carboxylic acids is 1. The van der Waals surface area contributed by atoms with E-state index in [4.69, 9.17) is 5.10 Å². The van der Waals surface area contributed by atoms with Gasteiger partial charge in [0.15, 0.2) is 0 Å². The van der Waals surface area contributed by atoms with E-state index >= 15 is 0 Å². The summed E-state index contributed by atoms with van der Waals surface area (Å²) in [6.07, 6.45) is 8.47. The maximum absolute atomic E-state index is 12.5. The molecule has 6 nitrogen and oxygen atoms in total. The normalized spacial score (nSPS) is 18.5. The summed E-state index contributed by atoms with van der Waals surface area (Å²) in [5.41, 5.74) is 3.36. The van der Waals surface area contributed by atoms with Crippen LogP contribution >= 0.6 is 0 Å². The highest BCUT2D eigenvalue weighted by molar-refractivity contribution is 6.04. The Bertz CT molecular complexity index is 997. The van der Waals surface area contributed by atoms with Gasteiger partial charge in [-0.1, -0.05) is 0 Å². The Morgan fingerprint density at radius 3 is 2.64 bits per heavy atom. The van der Waals surface area contributed by atoms with E-state index in [2.05, 4.69) is 33.1 Å². The number of nitrogens with zero attached hydrogens (tertiary/aromatic N) is 4. The first-order valence-electron chi connectivity index (χ1n) is 10.1. The predicted molar refractivity (Wildman–Crippen MR) is 110 cm³/mol. The number of aromatic nitrogens is 3. The van der Waals surface area contributed by atoms with Crippen molar-refractivity contribution < 1.29 is 4.79 Å². The Morgan fingerprint density at radius 2 is 1.93 bits per heavy atom. The van der Waals surface area contributed by atoms with Gasteiger partial charge in [0.25, 0.3) is 5.91 Å². The molecule has 0 atom stereocenters. The van der Waals surface area contributed by atoms with Crippen LogP contribution < -0.4 is 5.32 Å². The van der Waals surface area contributed by atoms with Crippen molar-refractivity contribution in [3.8, 4) is 0 Å². The summed E-state index contributed by atoms with van der Waals surface area (Å²) in [6.45, 7) is 2.21. The van der Waals surface area contributed by atoms with Gasteiger partial charge in [-0.05, 0) is 76.2 Å². The Balaban J connectivity index is 1.31. The standard InChI is InChI=1S/C22H25N5O/c1-26-10-8-19(9-11-26)27-14-17-4-6-18(12-21(17)25-27)24-22(28)16-5-7-20(23-13-16)15-2-3-15/h4-7,12-15,19H,2-3,8-11H2,1H3,(H,24,28). The summed E-state index contributed by atoms with van der Waals surface area (Å²) < 4.78 is 2.10. The molecule has 3 heterocycles. The molecule has 1 saturated carbocycles. The first kappa shape index (κ1) is 17.4. The molecule has 1 aliphatic carbocycles. The van der Waals surface area contributed by atoms with Crippen LogP contribution in [0, 0.1) is 0 Å². The van der Waals surface area contributed by atoms with Crippen LogP contribution in [-0.2, 0) is 0 Å².